The highest BCUT2D eigenvalue weighted by Crippen LogP contribution is 2.61. The van der Waals surface area contributed by atoms with Crippen LogP contribution < -0.4 is 4.48 Å². The molecular weight excluding hydrogens is 242 g/mol. The maximum absolute atomic E-state index is 2.49. The average Bonchev–Trinajstić information content (AvgIpc) is 2.46. The van der Waals surface area contributed by atoms with E-state index in [0.717, 1.165) is 6.04 Å². The summed E-state index contributed by atoms with van der Waals surface area (Å²) in [6.45, 7) is 1.39. The highest BCUT2D eigenvalue weighted by Gasteiger charge is 2.67. The molecule has 2 bridgehead atoms. The van der Waals surface area contributed by atoms with Gasteiger partial charge in [-0.05, 0) is 36.1 Å². The van der Waals surface area contributed by atoms with Crippen molar-refractivity contribution >= 4 is 16.5 Å². The quantitative estimate of drug-likeness (QED) is 0.623. The molecule has 1 saturated heterocycles. The molecule has 3 aliphatic rings. The Morgan fingerprint density at radius 2 is 2.00 bits per heavy atom. The predicted molar refractivity (Wildman–Crippen MR) is 84.9 cm³/mol. The summed E-state index contributed by atoms with van der Waals surface area (Å²) in [7, 11) is 2.49. The highest BCUT2D eigenvalue weighted by atomic mass is 15.4. The minimum atomic E-state index is 0.643. The molecule has 2 fully saturated rings. The Kier molecular flexibility index (Phi) is 1.96. The maximum atomic E-state index is 2.49. The molecule has 102 valence electrons. The van der Waals surface area contributed by atoms with Crippen LogP contribution in [0.2, 0.25) is 0 Å². The van der Waals surface area contributed by atoms with Gasteiger partial charge in [-0.2, -0.15) is 0 Å². The van der Waals surface area contributed by atoms with Gasteiger partial charge in [0.2, 0.25) is 0 Å². The number of rotatable bonds is 0. The monoisotopic (exact) mass is 264 g/mol. The van der Waals surface area contributed by atoms with Crippen LogP contribution in [0.4, 0.5) is 5.69 Å². The van der Waals surface area contributed by atoms with E-state index < -0.39 is 0 Å². The zero-order chi connectivity index (χ0) is 13.4. The van der Waals surface area contributed by atoms with Gasteiger partial charge in [0.1, 0.15) is 11.7 Å². The summed E-state index contributed by atoms with van der Waals surface area (Å²) in [4.78, 5) is 0. The number of fused-ring (bicyclic) bond motifs is 6. The molecule has 3 atom stereocenters. The van der Waals surface area contributed by atoms with E-state index in [1.165, 1.54) is 53.9 Å². The van der Waals surface area contributed by atoms with E-state index in [4.69, 9.17) is 0 Å². The third kappa shape index (κ3) is 1.15. The van der Waals surface area contributed by atoms with Crippen molar-refractivity contribution in [2.45, 2.75) is 38.1 Å². The number of benzene rings is 2. The molecule has 0 aromatic heterocycles. The van der Waals surface area contributed by atoms with E-state index in [9.17, 15) is 0 Å². The van der Waals surface area contributed by atoms with Crippen LogP contribution in [0.5, 0.6) is 0 Å². The lowest BCUT2D eigenvalue weighted by atomic mass is 9.55. The number of hydrogen-bond donors (Lipinski definition) is 0. The van der Waals surface area contributed by atoms with Crippen molar-refractivity contribution in [2.24, 2.45) is 5.41 Å². The van der Waals surface area contributed by atoms with Gasteiger partial charge in [-0.3, -0.25) is 4.48 Å². The fraction of sp³-hybridized carbons (Fsp3) is 0.474. The van der Waals surface area contributed by atoms with E-state index in [-0.39, 0.29) is 0 Å². The standard InChI is InChI=1S/C19H22N/c1-20-13-19(11-5-4-8-18(19)20)12-16-15-7-3-2-6-14(15)9-10-17(16)20/h2-3,6-7,9-10,18H,4-5,8,11-13H2,1H3/q+1. The van der Waals surface area contributed by atoms with Crippen molar-refractivity contribution in [1.82, 2.24) is 4.48 Å². The molecule has 2 aromatic carbocycles. The molecular formula is C19H22N+. The van der Waals surface area contributed by atoms with Gasteiger partial charge in [-0.15, -0.1) is 0 Å². The van der Waals surface area contributed by atoms with Crippen LogP contribution in [0.15, 0.2) is 36.4 Å². The van der Waals surface area contributed by atoms with Crippen molar-refractivity contribution in [1.29, 1.82) is 0 Å². The van der Waals surface area contributed by atoms with Crippen LogP contribution in [0.3, 0.4) is 0 Å². The average molecular weight is 264 g/mol. The van der Waals surface area contributed by atoms with Crippen molar-refractivity contribution < 1.29 is 0 Å². The van der Waals surface area contributed by atoms with Crippen LogP contribution in [0, 0.1) is 5.41 Å². The summed E-state index contributed by atoms with van der Waals surface area (Å²) < 4.78 is 1.22. The molecule has 5 rings (SSSR count). The summed E-state index contributed by atoms with van der Waals surface area (Å²) in [6.07, 6.45) is 7.15. The summed E-state index contributed by atoms with van der Waals surface area (Å²) in [5.74, 6) is 0. The van der Waals surface area contributed by atoms with Crippen LogP contribution in [0.1, 0.15) is 31.2 Å². The summed E-state index contributed by atoms with van der Waals surface area (Å²) in [5.41, 5.74) is 3.93. The van der Waals surface area contributed by atoms with E-state index in [1.807, 2.05) is 0 Å². The molecule has 3 unspecified atom stereocenters. The fourth-order valence-corrected chi connectivity index (χ4v) is 5.87. The second-order valence-corrected chi connectivity index (χ2v) is 7.51. The van der Waals surface area contributed by atoms with Crippen molar-refractivity contribution in [2.75, 3.05) is 13.6 Å². The predicted octanol–water partition coefficient (Wildman–Crippen LogP) is 4.28. The molecule has 1 saturated carbocycles. The van der Waals surface area contributed by atoms with Gasteiger partial charge in [0.25, 0.3) is 0 Å². The van der Waals surface area contributed by atoms with Crippen molar-refractivity contribution in [3.8, 4) is 0 Å². The lowest BCUT2D eigenvalue weighted by molar-refractivity contribution is -0.0916. The van der Waals surface area contributed by atoms with E-state index in [2.05, 4.69) is 43.4 Å². The van der Waals surface area contributed by atoms with Gasteiger partial charge in [0.15, 0.2) is 0 Å². The fourth-order valence-electron chi connectivity index (χ4n) is 5.87. The lowest BCUT2D eigenvalue weighted by Crippen LogP contribution is -2.79. The smallest absolute Gasteiger partial charge is 0.136 e. The topological polar surface area (TPSA) is 0 Å². The van der Waals surface area contributed by atoms with E-state index in [0.29, 0.717) is 5.41 Å². The molecule has 1 heteroatoms. The molecule has 20 heavy (non-hydrogen) atoms. The summed E-state index contributed by atoms with van der Waals surface area (Å²) >= 11 is 0. The first-order valence-corrected chi connectivity index (χ1v) is 8.09. The maximum Gasteiger partial charge on any atom is 0.136 e. The molecule has 0 amide bonds. The normalized spacial score (nSPS) is 38.0. The molecule has 0 radical (unpaired) electrons. The van der Waals surface area contributed by atoms with Gasteiger partial charge in [-0.25, -0.2) is 0 Å². The minimum Gasteiger partial charge on any atom is -0.290 e. The molecule has 2 heterocycles. The zero-order valence-corrected chi connectivity index (χ0v) is 12.2. The van der Waals surface area contributed by atoms with Gasteiger partial charge in [0.05, 0.1) is 19.0 Å². The lowest BCUT2D eigenvalue weighted by Gasteiger charge is -2.67. The Bertz CT molecular complexity index is 719. The number of quaternary nitrogens is 1. The van der Waals surface area contributed by atoms with Gasteiger partial charge in [-0.1, -0.05) is 30.7 Å². The van der Waals surface area contributed by atoms with Gasteiger partial charge >= 0.3 is 0 Å². The van der Waals surface area contributed by atoms with Crippen molar-refractivity contribution in [3.05, 3.63) is 42.0 Å². The molecule has 2 aromatic rings. The number of nitrogens with zero attached hydrogens (tertiary/aromatic N) is 1. The van der Waals surface area contributed by atoms with E-state index in [1.54, 1.807) is 11.3 Å². The van der Waals surface area contributed by atoms with Crippen LogP contribution in [-0.4, -0.2) is 19.6 Å². The van der Waals surface area contributed by atoms with Crippen LogP contribution in [-0.2, 0) is 6.42 Å². The highest BCUT2D eigenvalue weighted by molar-refractivity contribution is 5.91. The van der Waals surface area contributed by atoms with Crippen molar-refractivity contribution in [3.63, 3.8) is 0 Å². The molecule has 1 spiro atoms. The largest absolute Gasteiger partial charge is 0.290 e. The third-order valence-electron chi connectivity index (χ3n) is 6.54. The molecule has 1 nitrogen and oxygen atoms in total. The first-order chi connectivity index (χ1) is 9.73. The number of hydrogen-bond acceptors (Lipinski definition) is 0. The summed E-state index contributed by atoms with van der Waals surface area (Å²) in [5, 5.41) is 2.93. The first kappa shape index (κ1) is 11.3. The van der Waals surface area contributed by atoms with Crippen LogP contribution >= 0.6 is 0 Å². The van der Waals surface area contributed by atoms with Crippen LogP contribution in [0.25, 0.3) is 10.8 Å². The Balaban J connectivity index is 1.79. The van der Waals surface area contributed by atoms with Gasteiger partial charge < -0.3 is 0 Å². The second kappa shape index (κ2) is 3.46. The Morgan fingerprint density at radius 1 is 1.10 bits per heavy atom. The Labute approximate surface area is 120 Å². The Hall–Kier alpha value is -1.34. The molecule has 2 aliphatic heterocycles. The van der Waals surface area contributed by atoms with Gasteiger partial charge in [0, 0.05) is 18.1 Å². The summed E-state index contributed by atoms with van der Waals surface area (Å²) in [6, 6.07) is 14.6. The van der Waals surface area contributed by atoms with E-state index >= 15 is 0 Å². The Morgan fingerprint density at radius 3 is 2.95 bits per heavy atom. The third-order valence-corrected chi connectivity index (χ3v) is 6.54. The molecule has 1 aliphatic carbocycles. The molecule has 0 N–H and O–H groups in total. The second-order valence-electron chi connectivity index (χ2n) is 7.51. The minimum absolute atomic E-state index is 0.643. The SMILES string of the molecule is C[N+]12CC3(CCCCC31)Cc1c2ccc2ccccc12. The first-order valence-electron chi connectivity index (χ1n) is 8.09. The zero-order valence-electron chi connectivity index (χ0n) is 12.2.